The molecule has 13 heavy (non-hydrogen) atoms. The normalized spacial score (nSPS) is 13.2. The summed E-state index contributed by atoms with van der Waals surface area (Å²) in [4.78, 5) is 0. The van der Waals surface area contributed by atoms with Gasteiger partial charge < -0.3 is 9.88 Å². The predicted molar refractivity (Wildman–Crippen MR) is 56.8 cm³/mol. The molecule has 74 valence electrons. The Morgan fingerprint density at radius 3 is 2.62 bits per heavy atom. The third-order valence-electron chi connectivity index (χ3n) is 2.40. The Labute approximate surface area is 81.0 Å². The third kappa shape index (κ3) is 2.59. The summed E-state index contributed by atoms with van der Waals surface area (Å²) in [7, 11) is 0. The van der Waals surface area contributed by atoms with Crippen LogP contribution in [0.25, 0.3) is 0 Å². The molecule has 0 radical (unpaired) electrons. The number of nitrogens with one attached hydrogen (secondary N) is 1. The molecule has 0 aliphatic heterocycles. The highest BCUT2D eigenvalue weighted by Crippen LogP contribution is 2.16. The zero-order valence-corrected chi connectivity index (χ0v) is 8.88. The van der Waals surface area contributed by atoms with Crippen molar-refractivity contribution in [2.24, 2.45) is 0 Å². The van der Waals surface area contributed by atoms with E-state index in [1.807, 2.05) is 0 Å². The molecule has 0 saturated heterocycles. The van der Waals surface area contributed by atoms with Gasteiger partial charge in [0.15, 0.2) is 0 Å². The first kappa shape index (κ1) is 10.3. The van der Waals surface area contributed by atoms with Gasteiger partial charge in [0, 0.05) is 25.0 Å². The second kappa shape index (κ2) is 5.07. The molecular formula is C11H20N2. The molecule has 0 amide bonds. The molecule has 0 aromatic carbocycles. The summed E-state index contributed by atoms with van der Waals surface area (Å²) in [6.45, 7) is 8.63. The quantitative estimate of drug-likeness (QED) is 0.737. The fourth-order valence-electron chi connectivity index (χ4n) is 1.61. The monoisotopic (exact) mass is 180 g/mol. The van der Waals surface area contributed by atoms with Gasteiger partial charge in [0.25, 0.3) is 0 Å². The van der Waals surface area contributed by atoms with Gasteiger partial charge in [0.05, 0.1) is 0 Å². The zero-order chi connectivity index (χ0) is 9.68. The van der Waals surface area contributed by atoms with Crippen molar-refractivity contribution in [1.29, 1.82) is 0 Å². The highest BCUT2D eigenvalue weighted by Gasteiger charge is 2.07. The lowest BCUT2D eigenvalue weighted by molar-refractivity contribution is 0.536. The molecule has 1 aromatic heterocycles. The predicted octanol–water partition coefficient (Wildman–Crippen LogP) is 2.57. The van der Waals surface area contributed by atoms with Gasteiger partial charge >= 0.3 is 0 Å². The van der Waals surface area contributed by atoms with E-state index in [0.717, 1.165) is 19.5 Å². The first-order valence-corrected chi connectivity index (χ1v) is 5.20. The Morgan fingerprint density at radius 1 is 1.38 bits per heavy atom. The minimum atomic E-state index is 0.526. The second-order valence-corrected chi connectivity index (χ2v) is 3.29. The van der Waals surface area contributed by atoms with Gasteiger partial charge in [-0.15, -0.1) is 0 Å². The highest BCUT2D eigenvalue weighted by molar-refractivity contribution is 5.15. The molecule has 1 atom stereocenters. The van der Waals surface area contributed by atoms with Crippen LogP contribution in [0.4, 0.5) is 0 Å². The molecular weight excluding hydrogens is 160 g/mol. The summed E-state index contributed by atoms with van der Waals surface area (Å²) < 4.78 is 2.22. The van der Waals surface area contributed by atoms with Crippen LogP contribution in [0.2, 0.25) is 0 Å². The van der Waals surface area contributed by atoms with Gasteiger partial charge in [-0.25, -0.2) is 0 Å². The molecule has 0 bridgehead atoms. The van der Waals surface area contributed by atoms with E-state index < -0.39 is 0 Å². The second-order valence-electron chi connectivity index (χ2n) is 3.29. The number of hydrogen-bond donors (Lipinski definition) is 1. The van der Waals surface area contributed by atoms with E-state index in [-0.39, 0.29) is 0 Å². The fourth-order valence-corrected chi connectivity index (χ4v) is 1.61. The molecule has 2 heteroatoms. The molecule has 0 spiro atoms. The lowest BCUT2D eigenvalue weighted by Gasteiger charge is -2.13. The minimum absolute atomic E-state index is 0.526. The lowest BCUT2D eigenvalue weighted by Crippen LogP contribution is -2.19. The molecule has 0 saturated carbocycles. The van der Waals surface area contributed by atoms with Crippen molar-refractivity contribution in [1.82, 2.24) is 9.88 Å². The molecule has 1 N–H and O–H groups in total. The van der Waals surface area contributed by atoms with E-state index in [9.17, 15) is 0 Å². The fraction of sp³-hybridized carbons (Fsp3) is 0.636. The van der Waals surface area contributed by atoms with Crippen LogP contribution in [0.1, 0.15) is 38.8 Å². The Kier molecular flexibility index (Phi) is 4.03. The van der Waals surface area contributed by atoms with Crippen molar-refractivity contribution < 1.29 is 0 Å². The Balaban J connectivity index is 2.67. The van der Waals surface area contributed by atoms with Gasteiger partial charge in [-0.1, -0.05) is 13.8 Å². The van der Waals surface area contributed by atoms with Crippen LogP contribution in [0.5, 0.6) is 0 Å². The van der Waals surface area contributed by atoms with Crippen molar-refractivity contribution >= 4 is 0 Å². The molecule has 1 rings (SSSR count). The number of rotatable bonds is 5. The van der Waals surface area contributed by atoms with Gasteiger partial charge in [0.1, 0.15) is 0 Å². The lowest BCUT2D eigenvalue weighted by atomic mass is 10.1. The number of nitrogens with zero attached hydrogens (tertiary/aromatic N) is 1. The van der Waals surface area contributed by atoms with Crippen molar-refractivity contribution in [3.8, 4) is 0 Å². The Hall–Kier alpha value is -0.760. The molecule has 0 aliphatic carbocycles. The van der Waals surface area contributed by atoms with Crippen molar-refractivity contribution in [3.05, 3.63) is 24.0 Å². The molecule has 2 nitrogen and oxygen atoms in total. The van der Waals surface area contributed by atoms with Crippen LogP contribution in [0, 0.1) is 0 Å². The summed E-state index contributed by atoms with van der Waals surface area (Å²) >= 11 is 0. The van der Waals surface area contributed by atoms with E-state index in [2.05, 4.69) is 49.1 Å². The van der Waals surface area contributed by atoms with Gasteiger partial charge in [-0.3, -0.25) is 0 Å². The minimum Gasteiger partial charge on any atom is -0.354 e. The highest BCUT2D eigenvalue weighted by atomic mass is 15.0. The molecule has 0 aliphatic rings. The van der Waals surface area contributed by atoms with Crippen molar-refractivity contribution in [2.45, 2.75) is 39.8 Å². The topological polar surface area (TPSA) is 17.0 Å². The van der Waals surface area contributed by atoms with E-state index >= 15 is 0 Å². The standard InChI is InChI=1S/C11H20N2/c1-4-11(12-5-2)10-7-8-13(6-3)9-10/h7-9,11-12H,4-6H2,1-3H3. The summed E-state index contributed by atoms with van der Waals surface area (Å²) in [5, 5.41) is 3.47. The van der Waals surface area contributed by atoms with Crippen LogP contribution in [0.15, 0.2) is 18.5 Å². The average molecular weight is 180 g/mol. The van der Waals surface area contributed by atoms with Gasteiger partial charge in [-0.05, 0) is 31.5 Å². The van der Waals surface area contributed by atoms with Crippen LogP contribution in [-0.2, 0) is 6.54 Å². The van der Waals surface area contributed by atoms with Crippen molar-refractivity contribution in [2.75, 3.05) is 6.54 Å². The first-order valence-electron chi connectivity index (χ1n) is 5.20. The maximum absolute atomic E-state index is 3.47. The molecule has 1 aromatic rings. The third-order valence-corrected chi connectivity index (χ3v) is 2.40. The number of aromatic nitrogens is 1. The van der Waals surface area contributed by atoms with Crippen LogP contribution in [0.3, 0.4) is 0 Å². The number of hydrogen-bond acceptors (Lipinski definition) is 1. The van der Waals surface area contributed by atoms with E-state index in [0.29, 0.717) is 6.04 Å². The van der Waals surface area contributed by atoms with Crippen LogP contribution < -0.4 is 5.32 Å². The Morgan fingerprint density at radius 2 is 2.15 bits per heavy atom. The Bertz CT molecular complexity index is 240. The maximum Gasteiger partial charge on any atom is 0.0332 e. The summed E-state index contributed by atoms with van der Waals surface area (Å²) in [6.07, 6.45) is 5.54. The van der Waals surface area contributed by atoms with E-state index in [1.165, 1.54) is 5.56 Å². The van der Waals surface area contributed by atoms with Crippen LogP contribution in [-0.4, -0.2) is 11.1 Å². The van der Waals surface area contributed by atoms with E-state index in [1.54, 1.807) is 0 Å². The largest absolute Gasteiger partial charge is 0.354 e. The molecule has 1 unspecified atom stereocenters. The number of aryl methyl sites for hydroxylation is 1. The smallest absolute Gasteiger partial charge is 0.0332 e. The van der Waals surface area contributed by atoms with Gasteiger partial charge in [-0.2, -0.15) is 0 Å². The first-order chi connectivity index (χ1) is 6.31. The summed E-state index contributed by atoms with van der Waals surface area (Å²) in [5.74, 6) is 0. The summed E-state index contributed by atoms with van der Waals surface area (Å²) in [5.41, 5.74) is 1.41. The van der Waals surface area contributed by atoms with Crippen LogP contribution >= 0.6 is 0 Å². The molecule has 1 heterocycles. The SMILES string of the molecule is CCNC(CC)c1ccn(CC)c1. The summed E-state index contributed by atoms with van der Waals surface area (Å²) in [6, 6.07) is 2.73. The van der Waals surface area contributed by atoms with Crippen molar-refractivity contribution in [3.63, 3.8) is 0 Å². The zero-order valence-electron chi connectivity index (χ0n) is 8.88. The average Bonchev–Trinajstić information content (AvgIpc) is 2.62. The van der Waals surface area contributed by atoms with E-state index in [4.69, 9.17) is 0 Å². The maximum atomic E-state index is 3.47. The molecule has 0 fully saturated rings. The van der Waals surface area contributed by atoms with Gasteiger partial charge in [0.2, 0.25) is 0 Å².